The minimum Gasteiger partial charge on any atom is -0.396 e. The van der Waals surface area contributed by atoms with Crippen LogP contribution >= 0.6 is 0 Å². The molecular formula is C10H19F2NO. The highest BCUT2D eigenvalue weighted by Gasteiger charge is 2.34. The fourth-order valence-corrected chi connectivity index (χ4v) is 1.74. The summed E-state index contributed by atoms with van der Waals surface area (Å²) in [6, 6.07) is 0. The molecule has 0 bridgehead atoms. The SMILES string of the molecule is CCC(CO)CN1CCC(F)(F)CC1. The lowest BCUT2D eigenvalue weighted by Crippen LogP contribution is -2.42. The topological polar surface area (TPSA) is 23.5 Å². The second-order valence-corrected chi connectivity index (χ2v) is 4.11. The molecule has 0 aromatic heterocycles. The highest BCUT2D eigenvalue weighted by Crippen LogP contribution is 2.27. The van der Waals surface area contributed by atoms with E-state index in [1.165, 1.54) is 0 Å². The maximum absolute atomic E-state index is 12.8. The zero-order valence-corrected chi connectivity index (χ0v) is 8.68. The van der Waals surface area contributed by atoms with Crippen molar-refractivity contribution in [3.63, 3.8) is 0 Å². The number of hydrogen-bond acceptors (Lipinski definition) is 2. The van der Waals surface area contributed by atoms with Gasteiger partial charge in [-0.3, -0.25) is 0 Å². The van der Waals surface area contributed by atoms with Crippen molar-refractivity contribution in [2.75, 3.05) is 26.2 Å². The van der Waals surface area contributed by atoms with Crippen LogP contribution in [-0.4, -0.2) is 42.2 Å². The second kappa shape index (κ2) is 5.03. The van der Waals surface area contributed by atoms with Gasteiger partial charge in [-0.2, -0.15) is 0 Å². The van der Waals surface area contributed by atoms with Crippen molar-refractivity contribution in [1.82, 2.24) is 4.90 Å². The molecule has 1 heterocycles. The smallest absolute Gasteiger partial charge is 0.250 e. The first-order valence-corrected chi connectivity index (χ1v) is 5.28. The summed E-state index contributed by atoms with van der Waals surface area (Å²) in [5, 5.41) is 8.98. The van der Waals surface area contributed by atoms with E-state index in [1.54, 1.807) is 0 Å². The maximum Gasteiger partial charge on any atom is 0.250 e. The lowest BCUT2D eigenvalue weighted by molar-refractivity contribution is -0.0584. The Morgan fingerprint density at radius 2 is 1.93 bits per heavy atom. The van der Waals surface area contributed by atoms with E-state index < -0.39 is 5.92 Å². The van der Waals surface area contributed by atoms with Crippen molar-refractivity contribution in [2.45, 2.75) is 32.1 Å². The largest absolute Gasteiger partial charge is 0.396 e. The monoisotopic (exact) mass is 207 g/mol. The van der Waals surface area contributed by atoms with Crippen molar-refractivity contribution in [2.24, 2.45) is 5.92 Å². The number of halogens is 2. The Balaban J connectivity index is 2.28. The number of nitrogens with zero attached hydrogens (tertiary/aromatic N) is 1. The molecule has 0 aliphatic carbocycles. The Labute approximate surface area is 83.9 Å². The van der Waals surface area contributed by atoms with Crippen LogP contribution in [0.3, 0.4) is 0 Å². The van der Waals surface area contributed by atoms with Gasteiger partial charge in [0.1, 0.15) is 0 Å². The molecule has 2 nitrogen and oxygen atoms in total. The van der Waals surface area contributed by atoms with E-state index in [1.807, 2.05) is 11.8 Å². The van der Waals surface area contributed by atoms with Gasteiger partial charge in [0.15, 0.2) is 0 Å². The van der Waals surface area contributed by atoms with E-state index in [0.29, 0.717) is 13.1 Å². The zero-order chi connectivity index (χ0) is 10.6. The lowest BCUT2D eigenvalue weighted by Gasteiger charge is -2.33. The molecule has 0 aromatic carbocycles. The first kappa shape index (κ1) is 11.9. The number of hydrogen-bond donors (Lipinski definition) is 1. The van der Waals surface area contributed by atoms with Gasteiger partial charge in [0.05, 0.1) is 0 Å². The van der Waals surface area contributed by atoms with Crippen molar-refractivity contribution < 1.29 is 13.9 Å². The van der Waals surface area contributed by atoms with Gasteiger partial charge in [0.2, 0.25) is 0 Å². The van der Waals surface area contributed by atoms with Gasteiger partial charge in [-0.15, -0.1) is 0 Å². The van der Waals surface area contributed by atoms with E-state index >= 15 is 0 Å². The molecule has 0 amide bonds. The van der Waals surface area contributed by atoms with E-state index in [4.69, 9.17) is 5.11 Å². The molecule has 1 aliphatic heterocycles. The van der Waals surface area contributed by atoms with Gasteiger partial charge in [-0.25, -0.2) is 8.78 Å². The third-order valence-corrected chi connectivity index (χ3v) is 2.94. The number of rotatable bonds is 4. The summed E-state index contributed by atoms with van der Waals surface area (Å²) < 4.78 is 25.6. The van der Waals surface area contributed by atoms with Crippen LogP contribution in [0.25, 0.3) is 0 Å². The van der Waals surface area contributed by atoms with Crippen LogP contribution in [-0.2, 0) is 0 Å². The Morgan fingerprint density at radius 3 is 2.36 bits per heavy atom. The van der Waals surface area contributed by atoms with Gasteiger partial charge in [-0.05, 0) is 12.3 Å². The van der Waals surface area contributed by atoms with Gasteiger partial charge in [0.25, 0.3) is 5.92 Å². The normalized spacial score (nSPS) is 24.9. The number of likely N-dealkylation sites (tertiary alicyclic amines) is 1. The standard InChI is InChI=1S/C10H19F2NO/c1-2-9(8-14)7-13-5-3-10(11,12)4-6-13/h9,14H,2-8H2,1H3. The molecule has 1 N–H and O–H groups in total. The van der Waals surface area contributed by atoms with Crippen LogP contribution in [0.4, 0.5) is 8.78 Å². The molecule has 0 aromatic rings. The first-order chi connectivity index (χ1) is 6.57. The molecule has 0 saturated carbocycles. The summed E-state index contributed by atoms with van der Waals surface area (Å²) in [5.74, 6) is -2.22. The molecular weight excluding hydrogens is 188 g/mol. The van der Waals surface area contributed by atoms with E-state index in [9.17, 15) is 8.78 Å². The van der Waals surface area contributed by atoms with Gasteiger partial charge in [0, 0.05) is 39.1 Å². The fourth-order valence-electron chi connectivity index (χ4n) is 1.74. The van der Waals surface area contributed by atoms with Gasteiger partial charge >= 0.3 is 0 Å². The number of piperidine rings is 1. The third-order valence-electron chi connectivity index (χ3n) is 2.94. The quantitative estimate of drug-likeness (QED) is 0.759. The first-order valence-electron chi connectivity index (χ1n) is 5.28. The van der Waals surface area contributed by atoms with Crippen molar-refractivity contribution in [1.29, 1.82) is 0 Å². The van der Waals surface area contributed by atoms with Crippen molar-refractivity contribution in [3.8, 4) is 0 Å². The number of aliphatic hydroxyl groups is 1. The molecule has 1 rings (SSSR count). The Hall–Kier alpha value is -0.220. The zero-order valence-electron chi connectivity index (χ0n) is 8.68. The van der Waals surface area contributed by atoms with Crippen LogP contribution in [0.15, 0.2) is 0 Å². The van der Waals surface area contributed by atoms with Gasteiger partial charge in [-0.1, -0.05) is 6.92 Å². The molecule has 1 saturated heterocycles. The van der Waals surface area contributed by atoms with Crippen molar-refractivity contribution in [3.05, 3.63) is 0 Å². The molecule has 4 heteroatoms. The number of alkyl halides is 2. The molecule has 1 aliphatic rings. The molecule has 1 atom stereocenters. The lowest BCUT2D eigenvalue weighted by atomic mass is 10.0. The van der Waals surface area contributed by atoms with Crippen LogP contribution in [0.1, 0.15) is 26.2 Å². The summed E-state index contributed by atoms with van der Waals surface area (Å²) in [7, 11) is 0. The van der Waals surface area contributed by atoms with Crippen LogP contribution in [0.5, 0.6) is 0 Å². The van der Waals surface area contributed by atoms with E-state index in [2.05, 4.69) is 0 Å². The third kappa shape index (κ3) is 3.50. The van der Waals surface area contributed by atoms with Crippen molar-refractivity contribution >= 4 is 0 Å². The summed E-state index contributed by atoms with van der Waals surface area (Å²) in [5.41, 5.74) is 0. The minimum atomic E-state index is -2.46. The predicted octanol–water partition coefficient (Wildman–Crippen LogP) is 1.74. The average molecular weight is 207 g/mol. The summed E-state index contributed by atoms with van der Waals surface area (Å²) in [4.78, 5) is 2.03. The minimum absolute atomic E-state index is 0.0329. The Morgan fingerprint density at radius 1 is 1.36 bits per heavy atom. The van der Waals surface area contributed by atoms with E-state index in [-0.39, 0.29) is 25.4 Å². The maximum atomic E-state index is 12.8. The summed E-state index contributed by atoms with van der Waals surface area (Å²) >= 11 is 0. The average Bonchev–Trinajstić information content (AvgIpc) is 2.16. The van der Waals surface area contributed by atoms with Crippen LogP contribution < -0.4 is 0 Å². The van der Waals surface area contributed by atoms with E-state index in [0.717, 1.165) is 13.0 Å². The summed E-state index contributed by atoms with van der Waals surface area (Å²) in [6.07, 6.45) is 0.840. The van der Waals surface area contributed by atoms with Gasteiger partial charge < -0.3 is 10.0 Å². The highest BCUT2D eigenvalue weighted by atomic mass is 19.3. The predicted molar refractivity (Wildman–Crippen MR) is 51.5 cm³/mol. The Bertz CT molecular complexity index is 162. The van der Waals surface area contributed by atoms with Crippen LogP contribution in [0.2, 0.25) is 0 Å². The molecule has 1 unspecified atom stereocenters. The highest BCUT2D eigenvalue weighted by molar-refractivity contribution is 4.78. The number of aliphatic hydroxyl groups excluding tert-OH is 1. The van der Waals surface area contributed by atoms with Crippen LogP contribution in [0, 0.1) is 5.92 Å². The Kier molecular flexibility index (Phi) is 4.26. The molecule has 1 fully saturated rings. The molecule has 84 valence electrons. The summed E-state index contributed by atoms with van der Waals surface area (Å²) in [6.45, 7) is 3.85. The molecule has 0 radical (unpaired) electrons. The molecule has 0 spiro atoms. The fraction of sp³-hybridized carbons (Fsp3) is 1.00. The molecule has 14 heavy (non-hydrogen) atoms. The second-order valence-electron chi connectivity index (χ2n) is 4.11.